The van der Waals surface area contributed by atoms with Crippen molar-refractivity contribution in [1.29, 1.82) is 0 Å². The fourth-order valence-electron chi connectivity index (χ4n) is 3.44. The van der Waals surface area contributed by atoms with Gasteiger partial charge < -0.3 is 10.2 Å². The Morgan fingerprint density at radius 2 is 1.83 bits per heavy atom. The lowest BCUT2D eigenvalue weighted by Gasteiger charge is -2.22. The molecule has 1 saturated heterocycles. The van der Waals surface area contributed by atoms with Gasteiger partial charge in [-0.3, -0.25) is 14.5 Å². The summed E-state index contributed by atoms with van der Waals surface area (Å²) < 4.78 is 0. The molecule has 2 amide bonds. The van der Waals surface area contributed by atoms with Crippen molar-refractivity contribution in [2.24, 2.45) is 5.92 Å². The van der Waals surface area contributed by atoms with Gasteiger partial charge in [-0.1, -0.05) is 35.9 Å². The molecule has 1 heterocycles. The summed E-state index contributed by atoms with van der Waals surface area (Å²) in [6.07, 6.45) is 0.519. The number of anilines is 1. The Labute approximate surface area is 177 Å². The minimum atomic E-state index is -0.642. The van der Waals surface area contributed by atoms with E-state index in [4.69, 9.17) is 11.6 Å². The zero-order valence-electron chi connectivity index (χ0n) is 17.2. The SMILES string of the molecule is CC(C)N(C)Cc1ccccc1CNC(=O)C1CCN(c2ccc(Cl)cc2)C1=O. The van der Waals surface area contributed by atoms with Crippen molar-refractivity contribution < 1.29 is 9.59 Å². The highest BCUT2D eigenvalue weighted by atomic mass is 35.5. The molecule has 1 fully saturated rings. The van der Waals surface area contributed by atoms with E-state index in [1.54, 1.807) is 17.0 Å². The van der Waals surface area contributed by atoms with Crippen LogP contribution >= 0.6 is 11.6 Å². The average Bonchev–Trinajstić information content (AvgIpc) is 3.09. The normalized spacial score (nSPS) is 16.7. The van der Waals surface area contributed by atoms with Gasteiger partial charge in [0, 0.05) is 36.4 Å². The minimum Gasteiger partial charge on any atom is -0.351 e. The van der Waals surface area contributed by atoms with E-state index >= 15 is 0 Å². The van der Waals surface area contributed by atoms with Crippen molar-refractivity contribution in [3.63, 3.8) is 0 Å². The molecule has 0 bridgehead atoms. The van der Waals surface area contributed by atoms with Crippen LogP contribution in [0.2, 0.25) is 5.02 Å². The molecular weight excluding hydrogens is 386 g/mol. The van der Waals surface area contributed by atoms with Crippen LogP contribution in [0.1, 0.15) is 31.4 Å². The Morgan fingerprint density at radius 3 is 2.48 bits per heavy atom. The number of carbonyl (C=O) groups is 2. The van der Waals surface area contributed by atoms with Crippen molar-refractivity contribution in [3.05, 3.63) is 64.7 Å². The molecule has 0 aliphatic carbocycles. The Bertz CT molecular complexity index is 867. The lowest BCUT2D eigenvalue weighted by molar-refractivity contribution is -0.132. The highest BCUT2D eigenvalue weighted by Gasteiger charge is 2.37. The number of rotatable bonds is 7. The molecule has 1 N–H and O–H groups in total. The first-order chi connectivity index (χ1) is 13.9. The molecule has 1 unspecified atom stereocenters. The van der Waals surface area contributed by atoms with Gasteiger partial charge in [-0.2, -0.15) is 0 Å². The number of nitrogens with one attached hydrogen (secondary N) is 1. The van der Waals surface area contributed by atoms with Crippen molar-refractivity contribution in [3.8, 4) is 0 Å². The number of hydrogen-bond acceptors (Lipinski definition) is 3. The summed E-state index contributed by atoms with van der Waals surface area (Å²) in [6, 6.07) is 15.7. The maximum Gasteiger partial charge on any atom is 0.239 e. The molecule has 29 heavy (non-hydrogen) atoms. The third-order valence-corrected chi connectivity index (χ3v) is 5.79. The molecule has 0 radical (unpaired) electrons. The predicted molar refractivity (Wildman–Crippen MR) is 117 cm³/mol. The van der Waals surface area contributed by atoms with Crippen LogP contribution in [-0.4, -0.2) is 36.3 Å². The second-order valence-corrected chi connectivity index (χ2v) is 8.24. The second-order valence-electron chi connectivity index (χ2n) is 7.80. The van der Waals surface area contributed by atoms with Crippen molar-refractivity contribution in [1.82, 2.24) is 10.2 Å². The van der Waals surface area contributed by atoms with Gasteiger partial charge in [-0.05, 0) is 62.7 Å². The molecule has 3 rings (SSSR count). The third kappa shape index (κ3) is 5.17. The predicted octanol–water partition coefficient (Wildman–Crippen LogP) is 3.85. The molecule has 2 aromatic rings. The molecule has 5 nitrogen and oxygen atoms in total. The maximum atomic E-state index is 12.8. The number of carbonyl (C=O) groups excluding carboxylic acids is 2. The summed E-state index contributed by atoms with van der Waals surface area (Å²) >= 11 is 5.92. The van der Waals surface area contributed by atoms with Crippen LogP contribution < -0.4 is 10.2 Å². The zero-order valence-corrected chi connectivity index (χ0v) is 17.9. The van der Waals surface area contributed by atoms with E-state index in [0.717, 1.165) is 17.8 Å². The van der Waals surface area contributed by atoms with E-state index in [-0.39, 0.29) is 11.8 Å². The largest absolute Gasteiger partial charge is 0.351 e. The summed E-state index contributed by atoms with van der Waals surface area (Å²) in [5.41, 5.74) is 3.04. The molecule has 0 saturated carbocycles. The van der Waals surface area contributed by atoms with Gasteiger partial charge >= 0.3 is 0 Å². The molecule has 2 aromatic carbocycles. The van der Waals surface area contributed by atoms with E-state index in [9.17, 15) is 9.59 Å². The Balaban J connectivity index is 1.62. The van der Waals surface area contributed by atoms with Crippen LogP contribution in [-0.2, 0) is 22.7 Å². The number of benzene rings is 2. The lowest BCUT2D eigenvalue weighted by atomic mass is 10.0. The molecule has 154 valence electrons. The summed E-state index contributed by atoms with van der Waals surface area (Å²) in [5, 5.41) is 3.59. The van der Waals surface area contributed by atoms with Crippen LogP contribution in [0.15, 0.2) is 48.5 Å². The fraction of sp³-hybridized carbons (Fsp3) is 0.391. The lowest BCUT2D eigenvalue weighted by Crippen LogP contribution is -2.36. The number of hydrogen-bond donors (Lipinski definition) is 1. The molecule has 0 aromatic heterocycles. The first-order valence-electron chi connectivity index (χ1n) is 9.98. The molecule has 1 aliphatic heterocycles. The zero-order chi connectivity index (χ0) is 21.0. The third-order valence-electron chi connectivity index (χ3n) is 5.53. The van der Waals surface area contributed by atoms with E-state index in [2.05, 4.69) is 37.2 Å². The highest BCUT2D eigenvalue weighted by molar-refractivity contribution is 6.30. The van der Waals surface area contributed by atoms with Crippen LogP contribution in [0.3, 0.4) is 0 Å². The van der Waals surface area contributed by atoms with Gasteiger partial charge in [-0.25, -0.2) is 0 Å². The quantitative estimate of drug-likeness (QED) is 0.701. The molecule has 1 atom stereocenters. The van der Waals surface area contributed by atoms with E-state index < -0.39 is 5.92 Å². The van der Waals surface area contributed by atoms with E-state index in [0.29, 0.717) is 30.6 Å². The van der Waals surface area contributed by atoms with E-state index in [1.807, 2.05) is 30.3 Å². The number of halogens is 1. The Morgan fingerprint density at radius 1 is 1.17 bits per heavy atom. The van der Waals surface area contributed by atoms with Crippen molar-refractivity contribution >= 4 is 29.1 Å². The van der Waals surface area contributed by atoms with Crippen LogP contribution in [0.4, 0.5) is 5.69 Å². The van der Waals surface area contributed by atoms with Gasteiger partial charge in [0.05, 0.1) is 0 Å². The van der Waals surface area contributed by atoms with Crippen LogP contribution in [0, 0.1) is 5.92 Å². The van der Waals surface area contributed by atoms with Crippen molar-refractivity contribution in [2.75, 3.05) is 18.5 Å². The molecular formula is C23H28ClN3O2. The molecule has 1 aliphatic rings. The molecule has 0 spiro atoms. The Hall–Kier alpha value is -2.37. The first-order valence-corrected chi connectivity index (χ1v) is 10.4. The summed E-state index contributed by atoms with van der Waals surface area (Å²) in [4.78, 5) is 29.4. The van der Waals surface area contributed by atoms with Crippen LogP contribution in [0.25, 0.3) is 0 Å². The van der Waals surface area contributed by atoms with Crippen LogP contribution in [0.5, 0.6) is 0 Å². The average molecular weight is 414 g/mol. The van der Waals surface area contributed by atoms with Gasteiger partial charge in [0.1, 0.15) is 5.92 Å². The van der Waals surface area contributed by atoms with E-state index in [1.165, 1.54) is 5.56 Å². The van der Waals surface area contributed by atoms with Gasteiger partial charge in [0.25, 0.3) is 0 Å². The summed E-state index contributed by atoms with van der Waals surface area (Å²) in [7, 11) is 2.09. The molecule has 6 heteroatoms. The fourth-order valence-corrected chi connectivity index (χ4v) is 3.57. The summed E-state index contributed by atoms with van der Waals surface area (Å²) in [5.74, 6) is -1.01. The monoisotopic (exact) mass is 413 g/mol. The maximum absolute atomic E-state index is 12.8. The topological polar surface area (TPSA) is 52.7 Å². The van der Waals surface area contributed by atoms with Crippen molar-refractivity contribution in [2.45, 2.75) is 39.4 Å². The van der Waals surface area contributed by atoms with Gasteiger partial charge in [-0.15, -0.1) is 0 Å². The van der Waals surface area contributed by atoms with Gasteiger partial charge in [0.2, 0.25) is 11.8 Å². The van der Waals surface area contributed by atoms with Gasteiger partial charge in [0.15, 0.2) is 0 Å². The smallest absolute Gasteiger partial charge is 0.239 e. The first kappa shape index (κ1) is 21.3. The Kier molecular flexibility index (Phi) is 6.93. The highest BCUT2D eigenvalue weighted by Crippen LogP contribution is 2.26. The minimum absolute atomic E-state index is 0.155. The number of nitrogens with zero attached hydrogens (tertiary/aromatic N) is 2. The standard InChI is InChI=1S/C23H28ClN3O2/c1-16(2)26(3)15-18-7-5-4-6-17(18)14-25-22(28)21-12-13-27(23(21)29)20-10-8-19(24)9-11-20/h4-11,16,21H,12-15H2,1-3H3,(H,25,28). The summed E-state index contributed by atoms with van der Waals surface area (Å²) in [6.45, 7) is 6.08. The number of amides is 2. The second kappa shape index (κ2) is 9.42.